The summed E-state index contributed by atoms with van der Waals surface area (Å²) in [5, 5.41) is 12.3. The molecule has 124 valence electrons. The molecular weight excluding hydrogens is 330 g/mol. The molecule has 2 amide bonds. The Morgan fingerprint density at radius 2 is 2.04 bits per heavy atom. The van der Waals surface area contributed by atoms with Crippen LogP contribution in [0.15, 0.2) is 18.7 Å². The lowest BCUT2D eigenvalue weighted by Gasteiger charge is -2.35. The number of fused-ring (bicyclic) bond motifs is 1. The number of nitrogens with one attached hydrogen (secondary N) is 1. The molecule has 1 N–H and O–H groups in total. The number of urea groups is 1. The quantitative estimate of drug-likeness (QED) is 0.724. The number of hydrogen-bond acceptors (Lipinski definition) is 8. The monoisotopic (exact) mass is 345 g/mol. The van der Waals surface area contributed by atoms with Gasteiger partial charge in [0.1, 0.15) is 17.1 Å². The first kappa shape index (κ1) is 14.8. The van der Waals surface area contributed by atoms with E-state index in [0.717, 1.165) is 28.4 Å². The summed E-state index contributed by atoms with van der Waals surface area (Å²) in [6, 6.07) is -0.130. The van der Waals surface area contributed by atoms with Crippen molar-refractivity contribution in [3.05, 3.63) is 18.7 Å². The molecule has 4 rings (SSSR count). The average molecular weight is 345 g/mol. The van der Waals surface area contributed by atoms with E-state index in [2.05, 4.69) is 34.9 Å². The Morgan fingerprint density at radius 3 is 2.79 bits per heavy atom. The Labute approximate surface area is 141 Å². The molecule has 1 fully saturated rings. The van der Waals surface area contributed by atoms with Gasteiger partial charge in [-0.25, -0.2) is 14.8 Å². The van der Waals surface area contributed by atoms with Crippen molar-refractivity contribution in [2.24, 2.45) is 7.05 Å². The van der Waals surface area contributed by atoms with Crippen LogP contribution in [0.3, 0.4) is 0 Å². The Balaban J connectivity index is 1.45. The van der Waals surface area contributed by atoms with Crippen LogP contribution < -0.4 is 10.2 Å². The molecule has 1 aliphatic rings. The van der Waals surface area contributed by atoms with Gasteiger partial charge < -0.3 is 9.80 Å². The normalized spacial score (nSPS) is 15.0. The van der Waals surface area contributed by atoms with Gasteiger partial charge in [-0.3, -0.25) is 10.00 Å². The highest BCUT2D eigenvalue weighted by atomic mass is 32.1. The van der Waals surface area contributed by atoms with E-state index in [1.54, 1.807) is 28.3 Å². The van der Waals surface area contributed by atoms with Gasteiger partial charge in [-0.1, -0.05) is 4.49 Å². The molecule has 11 heteroatoms. The Kier molecular flexibility index (Phi) is 3.69. The molecule has 0 aromatic carbocycles. The molecule has 10 nitrogen and oxygen atoms in total. The zero-order valence-corrected chi connectivity index (χ0v) is 13.8. The molecule has 24 heavy (non-hydrogen) atoms. The fraction of sp³-hybridized carbons (Fsp3) is 0.385. The third kappa shape index (κ3) is 2.62. The molecule has 4 heterocycles. The van der Waals surface area contributed by atoms with Gasteiger partial charge in [-0.2, -0.15) is 5.10 Å². The van der Waals surface area contributed by atoms with E-state index in [4.69, 9.17) is 0 Å². The number of piperazine rings is 1. The van der Waals surface area contributed by atoms with Crippen molar-refractivity contribution >= 4 is 39.4 Å². The standard InChI is InChI=1S/C13H15N9OS/c1-20-11-9(6-17-20)12(15-8-14-11)21-2-4-22(5-3-21)13(23)18-10-7-16-19-24-10/h6-8H,2-5H2,1H3,(H,18,23). The molecule has 0 saturated carbocycles. The Hall–Kier alpha value is -2.82. The van der Waals surface area contributed by atoms with Gasteiger partial charge in [-0.05, 0) is 0 Å². The van der Waals surface area contributed by atoms with Crippen LogP contribution in [0.25, 0.3) is 11.0 Å². The van der Waals surface area contributed by atoms with Gasteiger partial charge in [0.2, 0.25) is 0 Å². The van der Waals surface area contributed by atoms with Crippen molar-refractivity contribution in [2.75, 3.05) is 36.4 Å². The van der Waals surface area contributed by atoms with Crippen molar-refractivity contribution in [3.63, 3.8) is 0 Å². The highest BCUT2D eigenvalue weighted by Crippen LogP contribution is 2.23. The van der Waals surface area contributed by atoms with Crippen molar-refractivity contribution in [1.29, 1.82) is 0 Å². The van der Waals surface area contributed by atoms with Crippen LogP contribution in [-0.4, -0.2) is 66.4 Å². The summed E-state index contributed by atoms with van der Waals surface area (Å²) in [5.41, 5.74) is 0.804. The van der Waals surface area contributed by atoms with Crippen LogP contribution in [-0.2, 0) is 7.05 Å². The zero-order chi connectivity index (χ0) is 16.5. The number of amides is 2. The van der Waals surface area contributed by atoms with Crippen LogP contribution in [0.1, 0.15) is 0 Å². The number of anilines is 2. The number of nitrogens with zero attached hydrogens (tertiary/aromatic N) is 8. The Bertz CT molecular complexity index is 854. The van der Waals surface area contributed by atoms with E-state index in [1.165, 1.54) is 0 Å². The molecule has 1 saturated heterocycles. The maximum absolute atomic E-state index is 12.2. The molecule has 0 bridgehead atoms. The lowest BCUT2D eigenvalue weighted by molar-refractivity contribution is 0.208. The van der Waals surface area contributed by atoms with Gasteiger partial charge in [-0.15, -0.1) is 5.10 Å². The van der Waals surface area contributed by atoms with Crippen molar-refractivity contribution in [1.82, 2.24) is 34.2 Å². The van der Waals surface area contributed by atoms with Crippen molar-refractivity contribution in [3.8, 4) is 0 Å². The van der Waals surface area contributed by atoms with Crippen LogP contribution >= 0.6 is 11.5 Å². The third-order valence-corrected chi connectivity index (χ3v) is 4.55. The molecule has 0 radical (unpaired) electrons. The van der Waals surface area contributed by atoms with E-state index in [-0.39, 0.29) is 6.03 Å². The molecule has 1 aliphatic heterocycles. The van der Waals surface area contributed by atoms with Crippen molar-refractivity contribution < 1.29 is 4.79 Å². The summed E-state index contributed by atoms with van der Waals surface area (Å²) in [7, 11) is 1.86. The first-order valence-electron chi connectivity index (χ1n) is 7.43. The Morgan fingerprint density at radius 1 is 1.21 bits per heavy atom. The summed E-state index contributed by atoms with van der Waals surface area (Å²) in [6.45, 7) is 2.64. The smallest absolute Gasteiger partial charge is 0.322 e. The van der Waals surface area contributed by atoms with Gasteiger partial charge in [0.05, 0.1) is 17.8 Å². The minimum atomic E-state index is -0.130. The van der Waals surface area contributed by atoms with Gasteiger partial charge in [0.15, 0.2) is 5.65 Å². The average Bonchev–Trinajstić information content (AvgIpc) is 3.25. The minimum absolute atomic E-state index is 0.130. The summed E-state index contributed by atoms with van der Waals surface area (Å²) in [4.78, 5) is 24.8. The van der Waals surface area contributed by atoms with Crippen LogP contribution in [0.4, 0.5) is 15.6 Å². The van der Waals surface area contributed by atoms with Gasteiger partial charge in [0, 0.05) is 44.8 Å². The molecule has 3 aromatic heterocycles. The molecule has 0 atom stereocenters. The maximum Gasteiger partial charge on any atom is 0.322 e. The first-order valence-corrected chi connectivity index (χ1v) is 8.20. The van der Waals surface area contributed by atoms with E-state index in [1.807, 2.05) is 7.05 Å². The zero-order valence-electron chi connectivity index (χ0n) is 13.0. The highest BCUT2D eigenvalue weighted by Gasteiger charge is 2.24. The van der Waals surface area contributed by atoms with Crippen molar-refractivity contribution in [2.45, 2.75) is 0 Å². The molecule has 0 aliphatic carbocycles. The number of aromatic nitrogens is 6. The number of carbonyl (C=O) groups excluding carboxylic acids is 1. The van der Waals surface area contributed by atoms with E-state index < -0.39 is 0 Å². The number of aryl methyl sites for hydroxylation is 1. The van der Waals surface area contributed by atoms with E-state index in [0.29, 0.717) is 31.2 Å². The fourth-order valence-corrected chi connectivity index (χ4v) is 3.14. The summed E-state index contributed by atoms with van der Waals surface area (Å²) in [6.07, 6.45) is 4.87. The van der Waals surface area contributed by atoms with Gasteiger partial charge >= 0.3 is 6.03 Å². The molecule has 0 unspecified atom stereocenters. The largest absolute Gasteiger partial charge is 0.352 e. The number of rotatable bonds is 2. The van der Waals surface area contributed by atoms with Gasteiger partial charge in [0.25, 0.3) is 0 Å². The second kappa shape index (κ2) is 6.00. The fourth-order valence-electron chi connectivity index (χ4n) is 2.73. The summed E-state index contributed by atoms with van der Waals surface area (Å²) >= 11 is 1.16. The summed E-state index contributed by atoms with van der Waals surface area (Å²) in [5.74, 6) is 0.861. The lowest BCUT2D eigenvalue weighted by atomic mass is 10.3. The highest BCUT2D eigenvalue weighted by molar-refractivity contribution is 7.10. The van der Waals surface area contributed by atoms with E-state index >= 15 is 0 Å². The number of hydrogen-bond donors (Lipinski definition) is 1. The molecular formula is C13H15N9OS. The molecule has 3 aromatic rings. The third-order valence-electron chi connectivity index (χ3n) is 3.97. The summed E-state index contributed by atoms with van der Waals surface area (Å²) < 4.78 is 5.46. The van der Waals surface area contributed by atoms with Crippen LogP contribution in [0, 0.1) is 0 Å². The maximum atomic E-state index is 12.2. The second-order valence-corrected chi connectivity index (χ2v) is 6.17. The lowest BCUT2D eigenvalue weighted by Crippen LogP contribution is -2.50. The van der Waals surface area contributed by atoms with Crippen LogP contribution in [0.5, 0.6) is 0 Å². The first-order chi connectivity index (χ1) is 11.7. The SMILES string of the molecule is Cn1ncc2c(N3CCN(C(=O)Nc4cnns4)CC3)ncnc21. The van der Waals surface area contributed by atoms with E-state index in [9.17, 15) is 4.79 Å². The molecule has 0 spiro atoms. The van der Waals surface area contributed by atoms with Crippen LogP contribution in [0.2, 0.25) is 0 Å². The number of carbonyl (C=O) groups is 1. The predicted molar refractivity (Wildman–Crippen MR) is 89.0 cm³/mol. The minimum Gasteiger partial charge on any atom is -0.352 e. The topological polar surface area (TPSA) is 105 Å². The predicted octanol–water partition coefficient (Wildman–Crippen LogP) is 0.569. The second-order valence-electron chi connectivity index (χ2n) is 5.39.